The second-order valence-electron chi connectivity index (χ2n) is 6.33. The molecule has 0 aliphatic heterocycles. The molecule has 5 rings (SSSR count). The maximum Gasteiger partial charge on any atom is -1.00 e. The fourth-order valence-corrected chi connectivity index (χ4v) is 8.18. The maximum atomic E-state index is 2.46. The Hall–Kier alpha value is -1.08. The minimum absolute atomic E-state index is 0. The third kappa shape index (κ3) is 2.79. The van der Waals surface area contributed by atoms with Crippen molar-refractivity contribution in [1.82, 2.24) is 4.57 Å². The van der Waals surface area contributed by atoms with Gasteiger partial charge in [0.15, 0.2) is 0 Å². The molecule has 0 N–H and O–H groups in total. The SMILES string of the molecule is Cn1c2c(c3ccccc31)-c1ccccc1[CH]2[Zr+2][C]1=CC=CC1.[Cl-].[Cl-]. The van der Waals surface area contributed by atoms with Crippen LogP contribution in [-0.2, 0) is 30.3 Å². The zero-order chi connectivity index (χ0) is 15.4. The zero-order valence-corrected chi connectivity index (χ0v) is 17.8. The largest absolute Gasteiger partial charge is 1.00 e. The van der Waals surface area contributed by atoms with Crippen molar-refractivity contribution in [3.05, 3.63) is 81.3 Å². The third-order valence-electron chi connectivity index (χ3n) is 5.07. The summed E-state index contributed by atoms with van der Waals surface area (Å²) in [6.45, 7) is 0. The maximum absolute atomic E-state index is 2.46. The van der Waals surface area contributed by atoms with Crippen LogP contribution in [0.1, 0.15) is 21.3 Å². The molecule has 124 valence electrons. The van der Waals surface area contributed by atoms with E-state index in [1.807, 2.05) is 0 Å². The number of allylic oxidation sites excluding steroid dienone is 4. The van der Waals surface area contributed by atoms with E-state index in [-0.39, 0.29) is 24.8 Å². The Labute approximate surface area is 172 Å². The molecular weight excluding hydrogens is 428 g/mol. The van der Waals surface area contributed by atoms with Crippen molar-refractivity contribution in [3.8, 4) is 11.1 Å². The quantitative estimate of drug-likeness (QED) is 0.486. The summed E-state index contributed by atoms with van der Waals surface area (Å²) in [6.07, 6.45) is 8.10. The van der Waals surface area contributed by atoms with E-state index in [1.165, 1.54) is 28.5 Å². The van der Waals surface area contributed by atoms with Gasteiger partial charge in [-0.1, -0.05) is 0 Å². The number of aromatic nitrogens is 1. The van der Waals surface area contributed by atoms with Crippen LogP contribution in [0.2, 0.25) is 0 Å². The molecular formula is C21H17Cl2NZr. The van der Waals surface area contributed by atoms with E-state index < -0.39 is 23.2 Å². The first-order chi connectivity index (χ1) is 11.3. The molecule has 3 aromatic rings. The van der Waals surface area contributed by atoms with E-state index in [9.17, 15) is 0 Å². The van der Waals surface area contributed by atoms with Gasteiger partial charge in [0.25, 0.3) is 0 Å². The Morgan fingerprint density at radius 2 is 1.76 bits per heavy atom. The standard InChI is InChI=1S/C16H12N.C5H5.2ClH.Zr/c1-17-14-9-5-4-8-13(14)16-12-7-3-2-6-11(12)10-15(16)17;1-2-4-5-3-1;;;/h2-10H,1H3;1-3H,4H2;2*1H;/q;;;;+2/p-2. The molecule has 1 aromatic heterocycles. The van der Waals surface area contributed by atoms with Gasteiger partial charge in [-0.15, -0.1) is 0 Å². The van der Waals surface area contributed by atoms with Crippen LogP contribution in [0.3, 0.4) is 0 Å². The molecule has 0 saturated heterocycles. The topological polar surface area (TPSA) is 4.93 Å². The fourth-order valence-electron chi connectivity index (χ4n) is 4.04. The Morgan fingerprint density at radius 3 is 2.56 bits per heavy atom. The number of nitrogens with zero attached hydrogens (tertiary/aromatic N) is 1. The summed E-state index contributed by atoms with van der Waals surface area (Å²) in [6, 6.07) is 17.9. The summed E-state index contributed by atoms with van der Waals surface area (Å²) in [5.74, 6) is 0. The van der Waals surface area contributed by atoms with Crippen LogP contribution in [0.4, 0.5) is 0 Å². The molecule has 0 spiro atoms. The van der Waals surface area contributed by atoms with Gasteiger partial charge in [-0.2, -0.15) is 0 Å². The second-order valence-corrected chi connectivity index (χ2v) is 10.0. The predicted molar refractivity (Wildman–Crippen MR) is 92.0 cm³/mol. The number of aryl methyl sites for hydroxylation is 1. The van der Waals surface area contributed by atoms with Gasteiger partial charge < -0.3 is 24.8 Å². The first-order valence-electron chi connectivity index (χ1n) is 8.13. The van der Waals surface area contributed by atoms with Crippen LogP contribution in [0.5, 0.6) is 0 Å². The van der Waals surface area contributed by atoms with Gasteiger partial charge in [-0.05, 0) is 0 Å². The molecule has 0 fully saturated rings. The normalized spacial score (nSPS) is 16.5. The molecule has 25 heavy (non-hydrogen) atoms. The van der Waals surface area contributed by atoms with Gasteiger partial charge in [0.1, 0.15) is 0 Å². The molecule has 0 bridgehead atoms. The minimum atomic E-state index is -0.671. The van der Waals surface area contributed by atoms with Gasteiger partial charge in [-0.25, -0.2) is 0 Å². The number of rotatable bonds is 2. The minimum Gasteiger partial charge on any atom is -1.00 e. The van der Waals surface area contributed by atoms with E-state index >= 15 is 0 Å². The fraction of sp³-hybridized carbons (Fsp3) is 0.143. The Kier molecular flexibility index (Phi) is 5.44. The van der Waals surface area contributed by atoms with Gasteiger partial charge >= 0.3 is 148 Å². The second kappa shape index (κ2) is 7.27. The van der Waals surface area contributed by atoms with E-state index in [0.29, 0.717) is 3.63 Å². The van der Waals surface area contributed by atoms with Crippen molar-refractivity contribution in [3.63, 3.8) is 0 Å². The molecule has 1 unspecified atom stereocenters. The molecule has 0 amide bonds. The average molecular weight is 446 g/mol. The van der Waals surface area contributed by atoms with Gasteiger partial charge in [0.05, 0.1) is 0 Å². The number of benzene rings is 2. The van der Waals surface area contributed by atoms with Crippen LogP contribution in [0.15, 0.2) is 70.0 Å². The summed E-state index contributed by atoms with van der Waals surface area (Å²) < 4.78 is 4.82. The van der Waals surface area contributed by atoms with Crippen molar-refractivity contribution < 1.29 is 48.0 Å². The summed E-state index contributed by atoms with van der Waals surface area (Å²) in [4.78, 5) is 0. The van der Waals surface area contributed by atoms with Crippen LogP contribution in [0.25, 0.3) is 22.0 Å². The van der Waals surface area contributed by atoms with Crippen molar-refractivity contribution >= 4 is 10.9 Å². The predicted octanol–water partition coefficient (Wildman–Crippen LogP) is -0.818. The molecule has 0 saturated carbocycles. The number of para-hydroxylation sites is 1. The number of hydrogen-bond donors (Lipinski definition) is 0. The summed E-state index contributed by atoms with van der Waals surface area (Å²) >= 11 is -0.671. The van der Waals surface area contributed by atoms with Crippen molar-refractivity contribution in [2.24, 2.45) is 7.05 Å². The monoisotopic (exact) mass is 443 g/mol. The van der Waals surface area contributed by atoms with Crippen molar-refractivity contribution in [1.29, 1.82) is 0 Å². The third-order valence-corrected chi connectivity index (χ3v) is 9.04. The zero-order valence-electron chi connectivity index (χ0n) is 13.8. The van der Waals surface area contributed by atoms with Crippen LogP contribution < -0.4 is 24.8 Å². The average Bonchev–Trinajstić information content (AvgIpc) is 3.27. The van der Waals surface area contributed by atoms with E-state index in [2.05, 4.69) is 78.4 Å². The molecule has 2 aliphatic carbocycles. The van der Waals surface area contributed by atoms with E-state index in [4.69, 9.17) is 0 Å². The summed E-state index contributed by atoms with van der Waals surface area (Å²) in [5.41, 5.74) is 7.47. The number of halogens is 2. The Morgan fingerprint density at radius 1 is 1.00 bits per heavy atom. The molecule has 2 aromatic carbocycles. The van der Waals surface area contributed by atoms with Crippen molar-refractivity contribution in [2.45, 2.75) is 10.0 Å². The van der Waals surface area contributed by atoms with Gasteiger partial charge in [0.2, 0.25) is 0 Å². The van der Waals surface area contributed by atoms with Gasteiger partial charge in [-0.3, -0.25) is 0 Å². The Balaban J connectivity index is 0.000000911. The molecule has 1 atom stereocenters. The van der Waals surface area contributed by atoms with Crippen LogP contribution in [-0.4, -0.2) is 4.57 Å². The smallest absolute Gasteiger partial charge is 1.00 e. The number of hydrogen-bond acceptors (Lipinski definition) is 0. The summed E-state index contributed by atoms with van der Waals surface area (Å²) in [7, 11) is 2.25. The summed E-state index contributed by atoms with van der Waals surface area (Å²) in [5, 5.41) is 1.41. The Bertz CT molecular complexity index is 1000. The molecule has 0 radical (unpaired) electrons. The van der Waals surface area contributed by atoms with Gasteiger partial charge in [0, 0.05) is 0 Å². The first-order valence-corrected chi connectivity index (χ1v) is 10.8. The van der Waals surface area contributed by atoms with Crippen LogP contribution in [0, 0.1) is 0 Å². The molecule has 1 nitrogen and oxygen atoms in total. The van der Waals surface area contributed by atoms with Crippen LogP contribution >= 0.6 is 0 Å². The number of fused-ring (bicyclic) bond motifs is 5. The molecule has 1 heterocycles. The van der Waals surface area contributed by atoms with Crippen molar-refractivity contribution in [2.75, 3.05) is 0 Å². The molecule has 2 aliphatic rings. The van der Waals surface area contributed by atoms with E-state index in [0.717, 1.165) is 0 Å². The van der Waals surface area contributed by atoms with E-state index in [1.54, 1.807) is 14.5 Å². The molecule has 4 heteroatoms. The first kappa shape index (κ1) is 18.7.